The molecule has 0 unspecified atom stereocenters. The highest BCUT2D eigenvalue weighted by Gasteiger charge is 2.31. The molecule has 266 valence electrons. The van der Waals surface area contributed by atoms with Crippen LogP contribution in [-0.2, 0) is 20.9 Å². The smallest absolute Gasteiger partial charge is 0.236 e. The lowest BCUT2D eigenvalue weighted by Crippen LogP contribution is -2.51. The summed E-state index contributed by atoms with van der Waals surface area (Å²) in [5.74, 6) is 5.74. The van der Waals surface area contributed by atoms with E-state index >= 15 is 0 Å². The summed E-state index contributed by atoms with van der Waals surface area (Å²) in [4.78, 5) is 41.4. The molecule has 0 spiro atoms. The molecule has 5 rings (SSSR count). The minimum Gasteiger partial charge on any atom is -0.409 e. The average molecular weight is 701 g/mol. The number of benzene rings is 2. The Bertz CT molecular complexity index is 1670. The number of hydrazone groups is 1. The van der Waals surface area contributed by atoms with Crippen LogP contribution >= 0.6 is 0 Å². The second-order valence-electron chi connectivity index (χ2n) is 13.9. The lowest BCUT2D eigenvalue weighted by atomic mass is 10.0. The minimum absolute atomic E-state index is 0.0753. The number of rotatable bonds is 13. The van der Waals surface area contributed by atoms with Crippen molar-refractivity contribution in [2.45, 2.75) is 38.7 Å². The number of nitrogens with one attached hydrogen (secondary N) is 1. The maximum Gasteiger partial charge on any atom is 0.236 e. The number of nitrogens with zero attached hydrogens (tertiary/aromatic N) is 7. The largest absolute Gasteiger partial charge is 0.409 e. The van der Waals surface area contributed by atoms with E-state index in [1.165, 1.54) is 0 Å². The number of anilines is 2. The van der Waals surface area contributed by atoms with E-state index in [0.29, 0.717) is 56.3 Å². The highest BCUT2D eigenvalue weighted by Crippen LogP contribution is 2.24. The number of carbonyl (C=O) groups is 2. The maximum atomic E-state index is 13.3. The summed E-state index contributed by atoms with van der Waals surface area (Å²) in [5.41, 5.74) is 9.82. The molecule has 1 atom stereocenters. The van der Waals surface area contributed by atoms with Crippen LogP contribution < -0.4 is 21.8 Å². The van der Waals surface area contributed by atoms with Gasteiger partial charge in [-0.2, -0.15) is 5.10 Å². The van der Waals surface area contributed by atoms with E-state index in [1.807, 2.05) is 28.0 Å². The van der Waals surface area contributed by atoms with Crippen LogP contribution in [0.1, 0.15) is 17.5 Å². The van der Waals surface area contributed by atoms with E-state index in [0.717, 1.165) is 35.9 Å². The first-order valence-electron chi connectivity index (χ1n) is 16.9. The van der Waals surface area contributed by atoms with Gasteiger partial charge in [0, 0.05) is 82.3 Å². The monoisotopic (exact) mass is 700 g/mol. The molecular weight excluding hydrogens is 653 g/mol. The fourth-order valence-corrected chi connectivity index (χ4v) is 6.85. The van der Waals surface area contributed by atoms with Gasteiger partial charge in [-0.25, -0.2) is 9.97 Å². The summed E-state index contributed by atoms with van der Waals surface area (Å²) in [6.07, 6.45) is 4.11. The molecule has 3 aromatic rings. The van der Waals surface area contributed by atoms with Crippen molar-refractivity contribution in [3.8, 4) is 11.4 Å². The van der Waals surface area contributed by atoms with Crippen LogP contribution in [-0.4, -0.2) is 109 Å². The van der Waals surface area contributed by atoms with Crippen LogP contribution in [0.15, 0.2) is 71.2 Å². The van der Waals surface area contributed by atoms with Crippen LogP contribution in [0.25, 0.3) is 11.4 Å². The number of hydrogen-bond acceptors (Lipinski definition) is 11. The predicted octanol–water partition coefficient (Wildman–Crippen LogP) is 3.02. The van der Waals surface area contributed by atoms with Crippen molar-refractivity contribution >= 4 is 42.8 Å². The zero-order chi connectivity index (χ0) is 35.7. The molecule has 0 radical (unpaired) electrons. The van der Waals surface area contributed by atoms with E-state index in [1.54, 1.807) is 30.6 Å². The van der Waals surface area contributed by atoms with Crippen molar-refractivity contribution in [3.05, 3.63) is 72.1 Å². The molecule has 0 aliphatic carbocycles. The molecule has 3 heterocycles. The second-order valence-corrected chi connectivity index (χ2v) is 19.5. The number of oxime groups is 1. The van der Waals surface area contributed by atoms with Crippen molar-refractivity contribution in [3.63, 3.8) is 0 Å². The Kier molecular flexibility index (Phi) is 12.2. The molecular formula is C35H48N10O4Si. The van der Waals surface area contributed by atoms with E-state index in [2.05, 4.69) is 62.2 Å². The summed E-state index contributed by atoms with van der Waals surface area (Å²) in [6, 6.07) is 16.3. The predicted molar refractivity (Wildman–Crippen MR) is 198 cm³/mol. The molecule has 1 aromatic heterocycles. The quantitative estimate of drug-likeness (QED) is 0.0393. The standard InChI is InChI=1S/C35H48N10O4Si/c1-50(2,3)20-19-49-24-27-5-8-28(21-30(27)32(41-37)33(36)42-48)40-35(47)26-11-14-43(22-26)23-31(46)45-17-15-44(16-18-45)29-9-6-25(7-10-29)34-38-12-4-13-39-34/h4-10,12-13,21,26,48H,11,14-20,22-24,37H2,1-3H3,(H2,36,42)(H,40,47)/t26-/m1/s1. The van der Waals surface area contributed by atoms with Crippen LogP contribution in [0.5, 0.6) is 0 Å². The number of carbonyl (C=O) groups excluding carboxylic acids is 2. The number of hydrogen-bond donors (Lipinski definition) is 4. The number of nitrogens with two attached hydrogens (primary N) is 2. The summed E-state index contributed by atoms with van der Waals surface area (Å²) in [6.45, 7) is 11.9. The summed E-state index contributed by atoms with van der Waals surface area (Å²) < 4.78 is 5.94. The Hall–Kier alpha value is -4.86. The molecule has 6 N–H and O–H groups in total. The molecule has 2 fully saturated rings. The van der Waals surface area contributed by atoms with Gasteiger partial charge in [0.15, 0.2) is 11.7 Å². The van der Waals surface area contributed by atoms with Crippen LogP contribution in [0.4, 0.5) is 11.4 Å². The van der Waals surface area contributed by atoms with Gasteiger partial charge in [0.25, 0.3) is 0 Å². The third-order valence-corrected chi connectivity index (χ3v) is 10.8. The minimum atomic E-state index is -1.27. The molecule has 0 bridgehead atoms. The van der Waals surface area contributed by atoms with Gasteiger partial charge < -0.3 is 36.6 Å². The zero-order valence-corrected chi connectivity index (χ0v) is 30.1. The summed E-state index contributed by atoms with van der Waals surface area (Å²) in [5, 5.41) is 19.1. The third-order valence-electron chi connectivity index (χ3n) is 9.06. The van der Waals surface area contributed by atoms with E-state index in [9.17, 15) is 14.8 Å². The molecule has 2 aromatic carbocycles. The van der Waals surface area contributed by atoms with Gasteiger partial charge in [-0.05, 0) is 67.0 Å². The highest BCUT2D eigenvalue weighted by atomic mass is 28.3. The number of aromatic nitrogens is 2. The molecule has 14 nitrogen and oxygen atoms in total. The lowest BCUT2D eigenvalue weighted by Gasteiger charge is -2.36. The Balaban J connectivity index is 1.12. The van der Waals surface area contributed by atoms with Gasteiger partial charge in [-0.15, -0.1) is 0 Å². The van der Waals surface area contributed by atoms with Crippen LogP contribution in [0.3, 0.4) is 0 Å². The van der Waals surface area contributed by atoms with E-state index in [4.69, 9.17) is 16.3 Å². The Labute approximate surface area is 294 Å². The van der Waals surface area contributed by atoms with Crippen LogP contribution in [0, 0.1) is 5.92 Å². The zero-order valence-electron chi connectivity index (χ0n) is 29.1. The average Bonchev–Trinajstić information content (AvgIpc) is 3.60. The van der Waals surface area contributed by atoms with Crippen molar-refractivity contribution < 1.29 is 19.5 Å². The van der Waals surface area contributed by atoms with Crippen molar-refractivity contribution in [1.82, 2.24) is 19.8 Å². The molecule has 2 aliphatic heterocycles. The SMILES string of the molecule is C[Si](C)(C)CCOCc1ccc(NC(=O)[C@@H]2CCN(CC(=O)N3CCN(c4ccc(-c5ncccn5)cc4)CC3)C2)cc1C(=NN)C(N)=NO. The number of ether oxygens (including phenoxy) is 1. The van der Waals surface area contributed by atoms with Crippen molar-refractivity contribution in [2.24, 2.45) is 27.8 Å². The van der Waals surface area contributed by atoms with Gasteiger partial charge in [0.2, 0.25) is 11.8 Å². The van der Waals surface area contributed by atoms with Crippen molar-refractivity contribution in [1.29, 1.82) is 0 Å². The first kappa shape index (κ1) is 36.4. The highest BCUT2D eigenvalue weighted by molar-refractivity contribution is 6.76. The van der Waals surface area contributed by atoms with Gasteiger partial charge >= 0.3 is 0 Å². The molecule has 15 heteroatoms. The molecule has 0 saturated carbocycles. The molecule has 2 amide bonds. The van der Waals surface area contributed by atoms with Gasteiger partial charge in [-0.1, -0.05) is 30.9 Å². The van der Waals surface area contributed by atoms with E-state index in [-0.39, 0.29) is 42.4 Å². The Morgan fingerprint density at radius 2 is 1.76 bits per heavy atom. The molecule has 2 aliphatic rings. The first-order valence-corrected chi connectivity index (χ1v) is 20.7. The Morgan fingerprint density at radius 1 is 1.04 bits per heavy atom. The number of likely N-dealkylation sites (tertiary alicyclic amines) is 1. The number of amidine groups is 1. The molecule has 50 heavy (non-hydrogen) atoms. The normalized spacial score (nSPS) is 17.6. The van der Waals surface area contributed by atoms with Gasteiger partial charge in [0.1, 0.15) is 5.71 Å². The summed E-state index contributed by atoms with van der Waals surface area (Å²) in [7, 11) is -1.27. The first-order chi connectivity index (χ1) is 24.0. The van der Waals surface area contributed by atoms with Gasteiger partial charge in [-0.3, -0.25) is 14.5 Å². The molecule has 2 saturated heterocycles. The second kappa shape index (κ2) is 16.7. The maximum absolute atomic E-state index is 13.3. The lowest BCUT2D eigenvalue weighted by molar-refractivity contribution is -0.132. The fourth-order valence-electron chi connectivity index (χ4n) is 6.09. The summed E-state index contributed by atoms with van der Waals surface area (Å²) >= 11 is 0. The van der Waals surface area contributed by atoms with Gasteiger partial charge in [0.05, 0.1) is 19.1 Å². The Morgan fingerprint density at radius 3 is 2.42 bits per heavy atom. The number of piperazine rings is 1. The van der Waals surface area contributed by atoms with Crippen molar-refractivity contribution in [2.75, 3.05) is 62.6 Å². The van der Waals surface area contributed by atoms with Crippen LogP contribution in [0.2, 0.25) is 25.7 Å². The topological polar surface area (TPSA) is 188 Å². The van der Waals surface area contributed by atoms with E-state index < -0.39 is 8.07 Å². The fraction of sp³-hybridized carbons (Fsp3) is 0.429. The third kappa shape index (κ3) is 9.64. The number of amides is 2.